The number of nitrogens with zero attached hydrogens (tertiary/aromatic N) is 4. The summed E-state index contributed by atoms with van der Waals surface area (Å²) in [6.45, 7) is 3.64. The minimum Gasteiger partial charge on any atom is -0.360 e. The third kappa shape index (κ3) is 2.74. The highest BCUT2D eigenvalue weighted by molar-refractivity contribution is 5.59. The van der Waals surface area contributed by atoms with Gasteiger partial charge in [-0.1, -0.05) is 10.3 Å². The molecule has 0 atom stereocenters. The first-order chi connectivity index (χ1) is 9.69. The van der Waals surface area contributed by atoms with Gasteiger partial charge in [-0.25, -0.2) is 9.97 Å². The second-order valence-corrected chi connectivity index (χ2v) is 4.18. The van der Waals surface area contributed by atoms with Gasteiger partial charge in [0.25, 0.3) is 0 Å². The average molecular weight is 272 g/mol. The minimum absolute atomic E-state index is 0.587. The minimum atomic E-state index is 0.587. The molecule has 8 heteroatoms. The quantitative estimate of drug-likeness (QED) is 0.747. The van der Waals surface area contributed by atoms with E-state index in [1.54, 1.807) is 18.2 Å². The Hall–Kier alpha value is -2.90. The van der Waals surface area contributed by atoms with Gasteiger partial charge in [-0.2, -0.15) is 0 Å². The molecule has 0 unspecified atom stereocenters. The van der Waals surface area contributed by atoms with Gasteiger partial charge in [-0.3, -0.25) is 0 Å². The van der Waals surface area contributed by atoms with Crippen molar-refractivity contribution in [2.45, 2.75) is 13.8 Å². The second-order valence-electron chi connectivity index (χ2n) is 4.18. The third-order valence-corrected chi connectivity index (χ3v) is 2.44. The fourth-order valence-corrected chi connectivity index (χ4v) is 1.61. The Morgan fingerprint density at radius 2 is 1.25 bits per heavy atom. The maximum atomic E-state index is 4.97. The van der Waals surface area contributed by atoms with Crippen molar-refractivity contribution in [3.8, 4) is 0 Å². The molecule has 0 bridgehead atoms. The molecule has 0 aromatic carbocycles. The number of aromatic nitrogens is 4. The predicted molar refractivity (Wildman–Crippen MR) is 71.1 cm³/mol. The molecule has 102 valence electrons. The van der Waals surface area contributed by atoms with E-state index in [2.05, 4.69) is 30.9 Å². The van der Waals surface area contributed by atoms with Gasteiger partial charge in [-0.05, 0) is 13.8 Å². The molecule has 3 heterocycles. The molecule has 0 saturated carbocycles. The van der Waals surface area contributed by atoms with Gasteiger partial charge in [-0.15, -0.1) is 0 Å². The summed E-state index contributed by atoms with van der Waals surface area (Å²) in [5.41, 5.74) is 0. The van der Waals surface area contributed by atoms with Crippen molar-refractivity contribution >= 4 is 23.3 Å². The molecule has 3 rings (SSSR count). The van der Waals surface area contributed by atoms with Gasteiger partial charge in [0, 0.05) is 18.2 Å². The van der Waals surface area contributed by atoms with Gasteiger partial charge in [0.2, 0.25) is 0 Å². The van der Waals surface area contributed by atoms with Gasteiger partial charge >= 0.3 is 0 Å². The Labute approximate surface area is 114 Å². The van der Waals surface area contributed by atoms with Crippen LogP contribution in [0.3, 0.4) is 0 Å². The summed E-state index contributed by atoms with van der Waals surface area (Å²) in [5.74, 6) is 3.80. The molecule has 0 aliphatic rings. The highest BCUT2D eigenvalue weighted by Crippen LogP contribution is 2.18. The fraction of sp³-hybridized carbons (Fsp3) is 0.167. The Kier molecular flexibility index (Phi) is 3.04. The van der Waals surface area contributed by atoms with Crippen LogP contribution in [0.1, 0.15) is 11.5 Å². The highest BCUT2D eigenvalue weighted by atomic mass is 16.5. The summed E-state index contributed by atoms with van der Waals surface area (Å²) in [6.07, 6.45) is 1.44. The van der Waals surface area contributed by atoms with E-state index in [-0.39, 0.29) is 0 Å². The topological polar surface area (TPSA) is 102 Å². The maximum Gasteiger partial charge on any atom is 0.175 e. The molecule has 0 aliphatic carbocycles. The molecule has 0 fully saturated rings. The van der Waals surface area contributed by atoms with Crippen molar-refractivity contribution in [2.75, 3.05) is 10.6 Å². The van der Waals surface area contributed by atoms with Crippen molar-refractivity contribution in [3.63, 3.8) is 0 Å². The zero-order valence-electron chi connectivity index (χ0n) is 10.9. The molecule has 0 spiro atoms. The van der Waals surface area contributed by atoms with E-state index in [4.69, 9.17) is 9.05 Å². The number of rotatable bonds is 4. The molecule has 2 N–H and O–H groups in total. The highest BCUT2D eigenvalue weighted by Gasteiger charge is 2.05. The van der Waals surface area contributed by atoms with Crippen molar-refractivity contribution in [1.29, 1.82) is 0 Å². The van der Waals surface area contributed by atoms with Crippen LogP contribution in [-0.4, -0.2) is 20.3 Å². The lowest BCUT2D eigenvalue weighted by molar-refractivity contribution is 0.400. The molecule has 0 amide bonds. The number of aryl methyl sites for hydroxylation is 2. The summed E-state index contributed by atoms with van der Waals surface area (Å²) < 4.78 is 9.94. The maximum absolute atomic E-state index is 4.97. The average Bonchev–Trinajstić information content (AvgIpc) is 2.99. The number of anilines is 4. The number of hydrogen-bond donors (Lipinski definition) is 2. The fourth-order valence-electron chi connectivity index (χ4n) is 1.61. The van der Waals surface area contributed by atoms with Crippen LogP contribution >= 0.6 is 0 Å². The van der Waals surface area contributed by atoms with E-state index in [1.807, 2.05) is 13.8 Å². The van der Waals surface area contributed by atoms with Crippen LogP contribution in [0, 0.1) is 13.8 Å². The van der Waals surface area contributed by atoms with Crippen LogP contribution < -0.4 is 10.6 Å². The van der Waals surface area contributed by atoms with Crippen LogP contribution in [0.2, 0.25) is 0 Å². The first-order valence-electron chi connectivity index (χ1n) is 5.92. The molecule has 3 aromatic heterocycles. The first-order valence-corrected chi connectivity index (χ1v) is 5.92. The summed E-state index contributed by atoms with van der Waals surface area (Å²) in [7, 11) is 0. The smallest absolute Gasteiger partial charge is 0.175 e. The van der Waals surface area contributed by atoms with E-state index in [0.717, 1.165) is 11.5 Å². The number of nitrogens with one attached hydrogen (secondary N) is 2. The van der Waals surface area contributed by atoms with Crippen molar-refractivity contribution in [1.82, 2.24) is 20.3 Å². The normalized spacial score (nSPS) is 10.5. The molecule has 20 heavy (non-hydrogen) atoms. The van der Waals surface area contributed by atoms with Crippen molar-refractivity contribution in [2.24, 2.45) is 0 Å². The predicted octanol–water partition coefficient (Wildman–Crippen LogP) is 2.56. The lowest BCUT2D eigenvalue weighted by Gasteiger charge is -2.04. The van der Waals surface area contributed by atoms with E-state index < -0.39 is 0 Å². The molecule has 0 radical (unpaired) electrons. The lowest BCUT2D eigenvalue weighted by Crippen LogP contribution is -1.98. The molecular weight excluding hydrogens is 260 g/mol. The van der Waals surface area contributed by atoms with E-state index in [0.29, 0.717) is 23.3 Å². The summed E-state index contributed by atoms with van der Waals surface area (Å²) >= 11 is 0. The molecule has 0 saturated heterocycles. The number of hydrogen-bond acceptors (Lipinski definition) is 8. The standard InChI is InChI=1S/C12H12N6O2/c1-7-3-11(17-19-7)15-9-5-10(14-6-13-9)16-12-4-8(2)20-18-12/h3-6H,1-2H3,(H2,13,14,15,16,17,18). The zero-order valence-corrected chi connectivity index (χ0v) is 10.9. The third-order valence-electron chi connectivity index (χ3n) is 2.44. The van der Waals surface area contributed by atoms with Gasteiger partial charge in [0.1, 0.15) is 29.5 Å². The second kappa shape index (κ2) is 5.00. The molecular formula is C12H12N6O2. The Bertz CT molecular complexity index is 663. The van der Waals surface area contributed by atoms with E-state index in [9.17, 15) is 0 Å². The van der Waals surface area contributed by atoms with Crippen molar-refractivity contribution in [3.05, 3.63) is 36.0 Å². The van der Waals surface area contributed by atoms with Crippen LogP contribution in [-0.2, 0) is 0 Å². The van der Waals surface area contributed by atoms with E-state index in [1.165, 1.54) is 6.33 Å². The zero-order chi connectivity index (χ0) is 13.9. The molecule has 8 nitrogen and oxygen atoms in total. The van der Waals surface area contributed by atoms with Gasteiger partial charge in [0.15, 0.2) is 11.6 Å². The largest absolute Gasteiger partial charge is 0.360 e. The SMILES string of the molecule is Cc1cc(Nc2cc(Nc3cc(C)on3)ncn2)no1. The summed E-state index contributed by atoms with van der Waals surface area (Å²) in [6, 6.07) is 5.28. The van der Waals surface area contributed by atoms with Crippen LogP contribution in [0.25, 0.3) is 0 Å². The monoisotopic (exact) mass is 272 g/mol. The molecule has 0 aliphatic heterocycles. The summed E-state index contributed by atoms with van der Waals surface area (Å²) in [4.78, 5) is 8.21. The first kappa shape index (κ1) is 12.2. The summed E-state index contributed by atoms with van der Waals surface area (Å²) in [5, 5.41) is 13.7. The Balaban J connectivity index is 1.75. The molecule has 3 aromatic rings. The lowest BCUT2D eigenvalue weighted by atomic mass is 10.4. The van der Waals surface area contributed by atoms with Gasteiger partial charge < -0.3 is 19.7 Å². The van der Waals surface area contributed by atoms with Gasteiger partial charge in [0.05, 0.1) is 0 Å². The Morgan fingerprint density at radius 1 is 0.750 bits per heavy atom. The Morgan fingerprint density at radius 3 is 1.65 bits per heavy atom. The van der Waals surface area contributed by atoms with Crippen LogP contribution in [0.5, 0.6) is 0 Å². The van der Waals surface area contributed by atoms with Crippen LogP contribution in [0.15, 0.2) is 33.6 Å². The van der Waals surface area contributed by atoms with E-state index >= 15 is 0 Å². The van der Waals surface area contributed by atoms with Crippen molar-refractivity contribution < 1.29 is 9.05 Å². The van der Waals surface area contributed by atoms with Crippen LogP contribution in [0.4, 0.5) is 23.3 Å².